The fourth-order valence-electron chi connectivity index (χ4n) is 1.72. The van der Waals surface area contributed by atoms with Crippen LogP contribution >= 0.6 is 23.2 Å². The number of nitrogens with zero attached hydrogens (tertiary/aromatic N) is 2. The van der Waals surface area contributed by atoms with Gasteiger partial charge in [0.1, 0.15) is 16.4 Å². The Hall–Kier alpha value is -2.31. The number of nitrogens with one attached hydrogen (secondary N) is 1. The molecule has 27 heavy (non-hydrogen) atoms. The first-order valence-electron chi connectivity index (χ1n) is 12.6. The van der Waals surface area contributed by atoms with Gasteiger partial charge >= 0.3 is 0 Å². The maximum absolute atomic E-state index is 13.8. The monoisotopic (exact) mass is 437 g/mol. The molecule has 7 nitrogen and oxygen atoms in total. The highest BCUT2D eigenvalue weighted by molar-refractivity contribution is 7.89. The summed E-state index contributed by atoms with van der Waals surface area (Å²) in [6, 6.07) is -5.04. The molecule has 140 valence electrons. The van der Waals surface area contributed by atoms with Gasteiger partial charge in [-0.2, -0.15) is 9.57 Å². The summed E-state index contributed by atoms with van der Waals surface area (Å²) in [5.74, 6) is -4.32. The van der Waals surface area contributed by atoms with Crippen molar-refractivity contribution in [1.82, 2.24) is 9.62 Å². The second-order valence-corrected chi connectivity index (χ2v) is 7.01. The molecule has 1 aliphatic rings. The largest absolute Gasteiger partial charge is 0.456 e. The van der Waals surface area contributed by atoms with Crippen LogP contribution in [0.1, 0.15) is 22.0 Å². The predicted molar refractivity (Wildman–Crippen MR) is 99.5 cm³/mol. The zero-order valence-electron chi connectivity index (χ0n) is 24.7. The van der Waals surface area contributed by atoms with Crippen LogP contribution in [0, 0.1) is 11.3 Å². The summed E-state index contributed by atoms with van der Waals surface area (Å²) in [6.45, 7) is -11.3. The molecule has 0 saturated carbocycles. The fraction of sp³-hybridized carbons (Fsp3) is 0.176. The maximum Gasteiger partial charge on any atom is 0.247 e. The summed E-state index contributed by atoms with van der Waals surface area (Å²) in [5.41, 5.74) is -1.08. The van der Waals surface area contributed by atoms with Gasteiger partial charge in [-0.1, -0.05) is 23.2 Å². The molecule has 1 amide bonds. The van der Waals surface area contributed by atoms with Gasteiger partial charge in [0, 0.05) is 25.8 Å². The molecule has 1 saturated heterocycles. The van der Waals surface area contributed by atoms with Crippen LogP contribution in [0.5, 0.6) is 11.5 Å². The van der Waals surface area contributed by atoms with Crippen molar-refractivity contribution in [2.45, 2.75) is 4.90 Å². The molecular formula is C17H13Cl2N3O4S. The van der Waals surface area contributed by atoms with Crippen molar-refractivity contribution in [2.24, 2.45) is 0 Å². The van der Waals surface area contributed by atoms with Gasteiger partial charge < -0.3 is 10.1 Å². The second kappa shape index (κ2) is 7.74. The van der Waals surface area contributed by atoms with Crippen molar-refractivity contribution in [3.63, 3.8) is 0 Å². The highest BCUT2D eigenvalue weighted by Gasteiger charge is 2.32. The Labute approximate surface area is 183 Å². The molecule has 1 fully saturated rings. The van der Waals surface area contributed by atoms with Gasteiger partial charge in [-0.25, -0.2) is 8.42 Å². The van der Waals surface area contributed by atoms with E-state index in [2.05, 4.69) is 0 Å². The summed E-state index contributed by atoms with van der Waals surface area (Å²) in [5, 5.41) is 9.41. The first-order chi connectivity index (χ1) is 17.6. The first kappa shape index (κ1) is 9.26. The number of rotatable bonds is 4. The lowest BCUT2D eigenvalue weighted by atomic mass is 10.2. The average molecular weight is 438 g/mol. The van der Waals surface area contributed by atoms with E-state index < -0.39 is 108 Å². The highest BCUT2D eigenvalue weighted by Crippen LogP contribution is 2.34. The van der Waals surface area contributed by atoms with E-state index in [9.17, 15) is 18.5 Å². The van der Waals surface area contributed by atoms with Gasteiger partial charge in [0.15, 0.2) is 0 Å². The number of hydrogen-bond acceptors (Lipinski definition) is 5. The van der Waals surface area contributed by atoms with Crippen LogP contribution < -0.4 is 10.1 Å². The van der Waals surface area contributed by atoms with E-state index in [-0.39, 0.29) is 0 Å². The van der Waals surface area contributed by atoms with E-state index in [4.69, 9.17) is 44.4 Å². The van der Waals surface area contributed by atoms with E-state index in [0.29, 0.717) is 0 Å². The number of piperazine rings is 1. The molecule has 0 bridgehead atoms. The normalized spacial score (nSPS) is 27.1. The Morgan fingerprint density at radius 3 is 2.63 bits per heavy atom. The van der Waals surface area contributed by atoms with Crippen LogP contribution in [0.15, 0.2) is 41.1 Å². The Morgan fingerprint density at radius 2 is 1.96 bits per heavy atom. The number of ether oxygens (including phenoxy) is 1. The van der Waals surface area contributed by atoms with Crippen LogP contribution in [0.3, 0.4) is 0 Å². The quantitative estimate of drug-likeness (QED) is 0.792. The number of nitriles is 1. The van der Waals surface area contributed by atoms with Crippen molar-refractivity contribution >= 4 is 39.1 Å². The molecule has 0 aliphatic carbocycles. The lowest BCUT2D eigenvalue weighted by molar-refractivity contribution is -0.122. The third kappa shape index (κ3) is 4.34. The summed E-state index contributed by atoms with van der Waals surface area (Å²) in [4.78, 5) is 10.6. The molecule has 2 aromatic carbocycles. The topological polar surface area (TPSA) is 99.5 Å². The van der Waals surface area contributed by atoms with Crippen molar-refractivity contribution in [2.75, 3.05) is 19.5 Å². The minimum absolute atomic E-state index is 0.690. The van der Waals surface area contributed by atoms with Gasteiger partial charge in [-0.3, -0.25) is 4.79 Å². The molecule has 0 unspecified atom stereocenters. The molecule has 0 aromatic heterocycles. The summed E-state index contributed by atoms with van der Waals surface area (Å²) in [6.07, 6.45) is 0. The standard InChI is InChI=1S/C17H13Cl2N3O4S/c18-12-6-13(19)8-14(7-12)26-15-2-1-11(9-20)5-16(15)27(24,25)22-4-3-21-17(23)10-22/h1-2,5-8H,3-4,10H2,(H,21,23)/i1D,2D,3D2,4D2,5D,6D,7D,8D,10D2. The van der Waals surface area contributed by atoms with Gasteiger partial charge in [0.2, 0.25) is 15.9 Å². The SMILES string of the molecule is [2H]c1c(Cl)c([2H])c(Oc2c([2H])c([2H])c(C#N)c([2H])c2S(=O)(=O)N2C([2H])([2H])C(=O)NC([2H])([2H])C2([2H])[2H])c([2H])c1Cl. The molecule has 0 atom stereocenters. The Bertz CT molecular complexity index is 1570. The highest BCUT2D eigenvalue weighted by atomic mass is 35.5. The summed E-state index contributed by atoms with van der Waals surface area (Å²) in [7, 11) is -6.00. The van der Waals surface area contributed by atoms with E-state index >= 15 is 0 Å². The number of halogens is 2. The molecule has 2 aromatic rings. The number of carbonyl (C=O) groups is 1. The molecule has 0 spiro atoms. The lowest BCUT2D eigenvalue weighted by Crippen LogP contribution is -2.49. The molecular weight excluding hydrogens is 413 g/mol. The van der Waals surface area contributed by atoms with E-state index in [1.165, 1.54) is 11.4 Å². The van der Waals surface area contributed by atoms with Crippen LogP contribution in [-0.2, 0) is 14.8 Å². The number of benzene rings is 2. The fourth-order valence-corrected chi connectivity index (χ4v) is 3.24. The van der Waals surface area contributed by atoms with Gasteiger partial charge in [0.25, 0.3) is 0 Å². The van der Waals surface area contributed by atoms with Gasteiger partial charge in [-0.05, 0) is 36.3 Å². The Morgan fingerprint density at radius 1 is 1.26 bits per heavy atom. The molecule has 0 radical (unpaired) electrons. The number of amides is 1. The molecule has 1 N–H and O–H groups in total. The van der Waals surface area contributed by atoms with Crippen molar-refractivity contribution < 1.29 is 34.4 Å². The van der Waals surface area contributed by atoms with Crippen molar-refractivity contribution in [3.05, 3.63) is 51.9 Å². The van der Waals surface area contributed by atoms with Crippen LogP contribution in [0.2, 0.25) is 10.0 Å². The number of hydrogen-bond donors (Lipinski definition) is 1. The van der Waals surface area contributed by atoms with E-state index in [0.717, 1.165) is 0 Å². The zero-order chi connectivity index (χ0) is 30.2. The van der Waals surface area contributed by atoms with Crippen LogP contribution in [0.4, 0.5) is 0 Å². The Kier molecular flexibility index (Phi) is 2.65. The smallest absolute Gasteiger partial charge is 0.247 e. The van der Waals surface area contributed by atoms with E-state index in [1.807, 2.05) is 0 Å². The summed E-state index contributed by atoms with van der Waals surface area (Å²) >= 11 is 11.7. The van der Waals surface area contributed by atoms with Gasteiger partial charge in [0.05, 0.1) is 31.8 Å². The van der Waals surface area contributed by atoms with Crippen LogP contribution in [-0.4, -0.2) is 38.1 Å². The van der Waals surface area contributed by atoms with Crippen LogP contribution in [0.25, 0.3) is 0 Å². The number of sulfonamides is 1. The zero-order valence-corrected chi connectivity index (χ0v) is 15.0. The van der Waals surface area contributed by atoms with Gasteiger partial charge in [-0.15, -0.1) is 0 Å². The molecule has 3 rings (SSSR count). The number of carbonyl (C=O) groups excluding carboxylic acids is 1. The Balaban J connectivity index is 2.50. The average Bonchev–Trinajstić information content (AvgIpc) is 2.80. The molecule has 1 heterocycles. The third-order valence-corrected chi connectivity index (χ3v) is 4.61. The second-order valence-electron chi connectivity index (χ2n) is 4.53. The van der Waals surface area contributed by atoms with Crippen molar-refractivity contribution in [1.29, 1.82) is 5.26 Å². The third-order valence-electron chi connectivity index (χ3n) is 2.76. The minimum Gasteiger partial charge on any atom is -0.456 e. The summed E-state index contributed by atoms with van der Waals surface area (Å²) < 4.78 is 128. The van der Waals surface area contributed by atoms with E-state index in [1.54, 1.807) is 0 Å². The molecule has 1 aliphatic heterocycles. The lowest BCUT2D eigenvalue weighted by Gasteiger charge is -2.26. The maximum atomic E-state index is 13.8. The minimum atomic E-state index is -6.00. The predicted octanol–water partition coefficient (Wildman–Crippen LogP) is 2.78. The molecule has 10 heteroatoms. The van der Waals surface area contributed by atoms with Crippen molar-refractivity contribution in [3.8, 4) is 17.6 Å². The first-order valence-corrected chi connectivity index (χ1v) is 8.83.